The second-order valence-electron chi connectivity index (χ2n) is 4.95. The van der Waals surface area contributed by atoms with Crippen LogP contribution in [0.1, 0.15) is 19.8 Å². The first-order valence-electron chi connectivity index (χ1n) is 6.84. The van der Waals surface area contributed by atoms with Crippen molar-refractivity contribution >= 4 is 46.4 Å². The van der Waals surface area contributed by atoms with Gasteiger partial charge in [-0.3, -0.25) is 4.79 Å². The van der Waals surface area contributed by atoms with Crippen molar-refractivity contribution in [1.29, 1.82) is 0 Å². The molecule has 0 aliphatic heterocycles. The van der Waals surface area contributed by atoms with E-state index in [0.29, 0.717) is 28.7 Å². The van der Waals surface area contributed by atoms with Crippen LogP contribution in [0.4, 0.5) is 5.13 Å². The Kier molecular flexibility index (Phi) is 7.78. The standard InChI is InChI=1S/C15H18ClN3O2S.ClH/c1-9(17)3-6-14(20)19-15-18-12(8-22-15)10-4-5-13(21-2)11(16)7-10;/h4-5,7-9H,3,6,17H2,1-2H3,(H,18,19,20);1H. The van der Waals surface area contributed by atoms with E-state index >= 15 is 0 Å². The minimum atomic E-state index is -0.0778. The van der Waals surface area contributed by atoms with Gasteiger partial charge in [-0.25, -0.2) is 4.98 Å². The molecule has 8 heteroatoms. The van der Waals surface area contributed by atoms with Gasteiger partial charge in [-0.1, -0.05) is 11.6 Å². The number of ether oxygens (including phenoxy) is 1. The third-order valence-electron chi connectivity index (χ3n) is 3.02. The highest BCUT2D eigenvalue weighted by Crippen LogP contribution is 2.31. The van der Waals surface area contributed by atoms with Crippen molar-refractivity contribution < 1.29 is 9.53 Å². The fourth-order valence-electron chi connectivity index (χ4n) is 1.83. The quantitative estimate of drug-likeness (QED) is 0.800. The average molecular weight is 376 g/mol. The van der Waals surface area contributed by atoms with Crippen LogP contribution in [0.25, 0.3) is 11.3 Å². The third-order valence-corrected chi connectivity index (χ3v) is 4.08. The molecule has 0 fully saturated rings. The molecule has 5 nitrogen and oxygen atoms in total. The number of carbonyl (C=O) groups excluding carboxylic acids is 1. The van der Waals surface area contributed by atoms with Crippen molar-refractivity contribution in [1.82, 2.24) is 4.98 Å². The molecule has 3 N–H and O–H groups in total. The lowest BCUT2D eigenvalue weighted by molar-refractivity contribution is -0.116. The summed E-state index contributed by atoms with van der Waals surface area (Å²) in [7, 11) is 1.57. The summed E-state index contributed by atoms with van der Waals surface area (Å²) in [6, 6.07) is 5.47. The summed E-state index contributed by atoms with van der Waals surface area (Å²) in [5, 5.41) is 5.74. The van der Waals surface area contributed by atoms with Gasteiger partial charge in [0.1, 0.15) is 5.75 Å². The zero-order valence-electron chi connectivity index (χ0n) is 12.8. The molecule has 1 amide bonds. The average Bonchev–Trinajstić information content (AvgIpc) is 2.93. The lowest BCUT2D eigenvalue weighted by Crippen LogP contribution is -2.19. The Morgan fingerprint density at radius 2 is 2.26 bits per heavy atom. The molecule has 0 saturated heterocycles. The SMILES string of the molecule is COc1ccc(-c2csc(NC(=O)CCC(C)N)n2)cc1Cl.Cl. The number of aromatic nitrogens is 1. The van der Waals surface area contributed by atoms with E-state index in [2.05, 4.69) is 10.3 Å². The first-order valence-corrected chi connectivity index (χ1v) is 8.10. The van der Waals surface area contributed by atoms with Gasteiger partial charge in [0, 0.05) is 23.4 Å². The number of hydrogen-bond donors (Lipinski definition) is 2. The van der Waals surface area contributed by atoms with E-state index in [1.54, 1.807) is 19.2 Å². The Morgan fingerprint density at radius 3 is 2.87 bits per heavy atom. The maximum atomic E-state index is 11.8. The number of anilines is 1. The van der Waals surface area contributed by atoms with E-state index in [1.165, 1.54) is 11.3 Å². The van der Waals surface area contributed by atoms with Crippen LogP contribution in [0, 0.1) is 0 Å². The predicted molar refractivity (Wildman–Crippen MR) is 97.9 cm³/mol. The number of methoxy groups -OCH3 is 1. The Hall–Kier alpha value is -1.34. The number of rotatable bonds is 6. The van der Waals surface area contributed by atoms with Crippen LogP contribution in [0.3, 0.4) is 0 Å². The van der Waals surface area contributed by atoms with Gasteiger partial charge in [0.25, 0.3) is 0 Å². The van der Waals surface area contributed by atoms with Gasteiger partial charge in [0.15, 0.2) is 5.13 Å². The molecule has 2 rings (SSSR count). The number of amides is 1. The third kappa shape index (κ3) is 5.66. The number of nitrogens with one attached hydrogen (secondary N) is 1. The normalized spacial score (nSPS) is 11.5. The van der Waals surface area contributed by atoms with Crippen molar-refractivity contribution in [2.45, 2.75) is 25.8 Å². The molecular weight excluding hydrogens is 357 g/mol. The summed E-state index contributed by atoms with van der Waals surface area (Å²) in [6.45, 7) is 1.88. The molecule has 0 aliphatic rings. The molecule has 0 saturated carbocycles. The van der Waals surface area contributed by atoms with Crippen molar-refractivity contribution in [3.63, 3.8) is 0 Å². The maximum Gasteiger partial charge on any atom is 0.226 e. The van der Waals surface area contributed by atoms with Gasteiger partial charge in [0.2, 0.25) is 5.91 Å². The Balaban J connectivity index is 0.00000264. The van der Waals surface area contributed by atoms with E-state index in [0.717, 1.165) is 11.3 Å². The summed E-state index contributed by atoms with van der Waals surface area (Å²) in [4.78, 5) is 16.2. The smallest absolute Gasteiger partial charge is 0.226 e. The van der Waals surface area contributed by atoms with E-state index in [4.69, 9.17) is 22.1 Å². The van der Waals surface area contributed by atoms with Crippen LogP contribution in [0.5, 0.6) is 5.75 Å². The predicted octanol–water partition coefficient (Wildman–Crippen LogP) is 3.96. The summed E-state index contributed by atoms with van der Waals surface area (Å²) < 4.78 is 5.12. The summed E-state index contributed by atoms with van der Waals surface area (Å²) in [6.07, 6.45) is 1.04. The van der Waals surface area contributed by atoms with Crippen LogP contribution in [-0.4, -0.2) is 24.0 Å². The molecule has 1 atom stereocenters. The first-order chi connectivity index (χ1) is 10.5. The largest absolute Gasteiger partial charge is 0.495 e. The molecule has 0 bridgehead atoms. The second-order valence-corrected chi connectivity index (χ2v) is 6.22. The van der Waals surface area contributed by atoms with Crippen LogP contribution < -0.4 is 15.8 Å². The van der Waals surface area contributed by atoms with Crippen LogP contribution in [0.2, 0.25) is 5.02 Å². The summed E-state index contributed by atoms with van der Waals surface area (Å²) in [5.74, 6) is 0.538. The van der Waals surface area contributed by atoms with Crippen molar-refractivity contribution in [2.75, 3.05) is 12.4 Å². The van der Waals surface area contributed by atoms with Crippen LogP contribution in [-0.2, 0) is 4.79 Å². The van der Waals surface area contributed by atoms with E-state index in [-0.39, 0.29) is 24.4 Å². The van der Waals surface area contributed by atoms with E-state index in [1.807, 2.05) is 18.4 Å². The van der Waals surface area contributed by atoms with Crippen molar-refractivity contribution in [3.8, 4) is 17.0 Å². The Labute approximate surface area is 150 Å². The van der Waals surface area contributed by atoms with E-state index in [9.17, 15) is 4.79 Å². The van der Waals surface area contributed by atoms with Gasteiger partial charge < -0.3 is 15.8 Å². The summed E-state index contributed by atoms with van der Waals surface area (Å²) >= 11 is 7.48. The first kappa shape index (κ1) is 19.7. The second kappa shape index (κ2) is 9.08. The number of thiazole rings is 1. The molecule has 1 heterocycles. The van der Waals surface area contributed by atoms with Crippen molar-refractivity contribution in [2.24, 2.45) is 5.73 Å². The van der Waals surface area contributed by atoms with Gasteiger partial charge >= 0.3 is 0 Å². The molecule has 1 aromatic heterocycles. The minimum Gasteiger partial charge on any atom is -0.495 e. The number of nitrogens with zero attached hydrogens (tertiary/aromatic N) is 1. The maximum absolute atomic E-state index is 11.8. The molecule has 23 heavy (non-hydrogen) atoms. The number of carbonyl (C=O) groups is 1. The Bertz CT molecular complexity index is 662. The molecule has 0 aliphatic carbocycles. The molecule has 0 radical (unpaired) electrons. The fraction of sp³-hybridized carbons (Fsp3) is 0.333. The molecule has 1 aromatic carbocycles. The highest BCUT2D eigenvalue weighted by atomic mass is 35.5. The lowest BCUT2D eigenvalue weighted by Gasteiger charge is -2.05. The molecule has 126 valence electrons. The molecule has 0 spiro atoms. The highest BCUT2D eigenvalue weighted by Gasteiger charge is 2.10. The monoisotopic (exact) mass is 375 g/mol. The minimum absolute atomic E-state index is 0. The number of halogens is 2. The zero-order valence-corrected chi connectivity index (χ0v) is 15.2. The number of hydrogen-bond acceptors (Lipinski definition) is 5. The van der Waals surface area contributed by atoms with Gasteiger partial charge in [-0.05, 0) is 31.5 Å². The lowest BCUT2D eigenvalue weighted by atomic mass is 10.2. The molecular formula is C15H19Cl2N3O2S. The number of benzene rings is 1. The zero-order chi connectivity index (χ0) is 16.1. The van der Waals surface area contributed by atoms with Crippen LogP contribution >= 0.6 is 35.3 Å². The number of nitrogens with two attached hydrogens (primary N) is 1. The molecule has 1 unspecified atom stereocenters. The van der Waals surface area contributed by atoms with Gasteiger partial charge in [-0.2, -0.15) is 0 Å². The highest BCUT2D eigenvalue weighted by molar-refractivity contribution is 7.14. The molecule has 2 aromatic rings. The Morgan fingerprint density at radius 1 is 1.52 bits per heavy atom. The summed E-state index contributed by atoms with van der Waals surface area (Å²) in [5.41, 5.74) is 7.27. The van der Waals surface area contributed by atoms with Crippen LogP contribution in [0.15, 0.2) is 23.6 Å². The fourth-order valence-corrected chi connectivity index (χ4v) is 2.82. The van der Waals surface area contributed by atoms with Crippen molar-refractivity contribution in [3.05, 3.63) is 28.6 Å². The van der Waals surface area contributed by atoms with E-state index < -0.39 is 0 Å². The van der Waals surface area contributed by atoms with Gasteiger partial charge in [0.05, 0.1) is 17.8 Å². The topological polar surface area (TPSA) is 77.2 Å². The van der Waals surface area contributed by atoms with Gasteiger partial charge in [-0.15, -0.1) is 23.7 Å².